The molecule has 2 aromatic rings. The molecule has 1 aromatic carbocycles. The van der Waals surface area contributed by atoms with Crippen molar-refractivity contribution in [2.24, 2.45) is 5.92 Å². The Morgan fingerprint density at radius 2 is 2.00 bits per heavy atom. The second kappa shape index (κ2) is 7.00. The molecule has 0 saturated heterocycles. The molecule has 1 N–H and O–H groups in total. The Hall–Kier alpha value is -2.14. The third-order valence-corrected chi connectivity index (χ3v) is 6.14. The molecule has 1 saturated carbocycles. The van der Waals surface area contributed by atoms with E-state index in [1.165, 1.54) is 17.7 Å². The van der Waals surface area contributed by atoms with Gasteiger partial charge in [0.1, 0.15) is 6.10 Å². The van der Waals surface area contributed by atoms with Crippen LogP contribution in [0.15, 0.2) is 41.8 Å². The number of carbonyl (C=O) groups excluding carboxylic acids is 2. The van der Waals surface area contributed by atoms with Gasteiger partial charge in [-0.25, -0.2) is 4.79 Å². The molecule has 0 bridgehead atoms. The van der Waals surface area contributed by atoms with E-state index in [1.807, 2.05) is 24.3 Å². The highest BCUT2D eigenvalue weighted by atomic mass is 32.1. The van der Waals surface area contributed by atoms with Gasteiger partial charge in [0.15, 0.2) is 0 Å². The molecule has 4 rings (SSSR count). The number of nitrogens with one attached hydrogen (secondary N) is 1. The topological polar surface area (TPSA) is 55.4 Å². The number of hydrogen-bond donors (Lipinski definition) is 1. The van der Waals surface area contributed by atoms with Crippen LogP contribution in [0.2, 0.25) is 0 Å². The third-order valence-electron chi connectivity index (χ3n) is 5.19. The molecule has 130 valence electrons. The molecule has 5 heteroatoms. The van der Waals surface area contributed by atoms with Gasteiger partial charge in [-0.05, 0) is 36.3 Å². The summed E-state index contributed by atoms with van der Waals surface area (Å²) in [7, 11) is 0. The fraction of sp³-hybridized carbons (Fsp3) is 0.400. The van der Waals surface area contributed by atoms with Gasteiger partial charge in [0.25, 0.3) is 0 Å². The highest BCUT2D eigenvalue weighted by Crippen LogP contribution is 2.38. The molecule has 0 radical (unpaired) electrons. The minimum atomic E-state index is -0.476. The van der Waals surface area contributed by atoms with Crippen molar-refractivity contribution >= 4 is 23.2 Å². The summed E-state index contributed by atoms with van der Waals surface area (Å²) in [6, 6.07) is 11.5. The molecular formula is C20H21NO3S. The van der Waals surface area contributed by atoms with Gasteiger partial charge in [-0.3, -0.25) is 4.79 Å². The van der Waals surface area contributed by atoms with E-state index < -0.39 is 6.10 Å². The molecular weight excluding hydrogens is 334 g/mol. The highest BCUT2D eigenvalue weighted by molar-refractivity contribution is 7.10. The summed E-state index contributed by atoms with van der Waals surface area (Å²) in [6.45, 7) is 0. The molecule has 1 aliphatic heterocycles. The van der Waals surface area contributed by atoms with Gasteiger partial charge in [0, 0.05) is 10.4 Å². The van der Waals surface area contributed by atoms with Crippen LogP contribution in [0.25, 0.3) is 0 Å². The number of amides is 1. The maximum Gasteiger partial charge on any atom is 0.339 e. The minimum Gasteiger partial charge on any atom is -0.453 e. The van der Waals surface area contributed by atoms with Crippen molar-refractivity contribution in [1.82, 2.24) is 5.32 Å². The maximum absolute atomic E-state index is 12.7. The zero-order valence-electron chi connectivity index (χ0n) is 13.9. The van der Waals surface area contributed by atoms with Crippen LogP contribution in [0.4, 0.5) is 0 Å². The smallest absolute Gasteiger partial charge is 0.339 e. The van der Waals surface area contributed by atoms with Gasteiger partial charge in [-0.2, -0.15) is 0 Å². The predicted molar refractivity (Wildman–Crippen MR) is 96.4 cm³/mol. The van der Waals surface area contributed by atoms with E-state index in [9.17, 15) is 9.59 Å². The summed E-state index contributed by atoms with van der Waals surface area (Å²) in [5.74, 6) is 0.111. The Morgan fingerprint density at radius 1 is 1.20 bits per heavy atom. The SMILES string of the molecule is O=C(C[C@H]1OC(=O)c2ccccc21)N[C@H](c1cccs1)C1CCCC1. The number of carbonyl (C=O) groups is 2. The number of hydrogen-bond acceptors (Lipinski definition) is 4. The number of rotatable bonds is 5. The van der Waals surface area contributed by atoms with Crippen molar-refractivity contribution < 1.29 is 14.3 Å². The lowest BCUT2D eigenvalue weighted by Gasteiger charge is -2.24. The van der Waals surface area contributed by atoms with E-state index >= 15 is 0 Å². The summed E-state index contributed by atoms with van der Waals surface area (Å²) in [5.41, 5.74) is 1.39. The summed E-state index contributed by atoms with van der Waals surface area (Å²) in [4.78, 5) is 25.8. The summed E-state index contributed by atoms with van der Waals surface area (Å²) in [5, 5.41) is 5.27. The summed E-state index contributed by atoms with van der Waals surface area (Å²) < 4.78 is 5.40. The number of thiophene rings is 1. The van der Waals surface area contributed by atoms with Gasteiger partial charge in [0.2, 0.25) is 5.91 Å². The number of fused-ring (bicyclic) bond motifs is 1. The minimum absolute atomic E-state index is 0.0557. The van der Waals surface area contributed by atoms with Crippen molar-refractivity contribution in [3.63, 3.8) is 0 Å². The number of cyclic esters (lactones) is 1. The molecule has 4 nitrogen and oxygen atoms in total. The summed E-state index contributed by atoms with van der Waals surface area (Å²) in [6.07, 6.45) is 4.48. The van der Waals surface area contributed by atoms with Crippen molar-refractivity contribution in [3.05, 3.63) is 57.8 Å². The van der Waals surface area contributed by atoms with Crippen LogP contribution in [0.3, 0.4) is 0 Å². The highest BCUT2D eigenvalue weighted by Gasteiger charge is 2.34. The lowest BCUT2D eigenvalue weighted by atomic mass is 9.96. The fourth-order valence-corrected chi connectivity index (χ4v) is 4.82. The van der Waals surface area contributed by atoms with Gasteiger partial charge >= 0.3 is 5.97 Å². The van der Waals surface area contributed by atoms with E-state index in [1.54, 1.807) is 17.4 Å². The largest absolute Gasteiger partial charge is 0.453 e. The molecule has 1 aromatic heterocycles. The van der Waals surface area contributed by atoms with Crippen LogP contribution in [0.5, 0.6) is 0 Å². The molecule has 2 heterocycles. The maximum atomic E-state index is 12.7. The van der Waals surface area contributed by atoms with Crippen molar-refractivity contribution in [1.29, 1.82) is 0 Å². The first kappa shape index (κ1) is 16.3. The third kappa shape index (κ3) is 3.33. The molecule has 0 unspecified atom stereocenters. The van der Waals surface area contributed by atoms with E-state index in [0.29, 0.717) is 11.5 Å². The second-order valence-electron chi connectivity index (χ2n) is 6.79. The quantitative estimate of drug-likeness (QED) is 0.809. The first-order chi connectivity index (χ1) is 12.2. The molecule has 1 aliphatic carbocycles. The Balaban J connectivity index is 1.47. The van der Waals surface area contributed by atoms with E-state index in [-0.39, 0.29) is 24.3 Å². The number of esters is 1. The Kier molecular flexibility index (Phi) is 4.57. The number of benzene rings is 1. The Bertz CT molecular complexity index is 765. The zero-order valence-corrected chi connectivity index (χ0v) is 14.8. The Labute approximate surface area is 151 Å². The molecule has 2 atom stereocenters. The molecule has 25 heavy (non-hydrogen) atoms. The predicted octanol–water partition coefficient (Wildman–Crippen LogP) is 4.40. The second-order valence-corrected chi connectivity index (χ2v) is 7.77. The average molecular weight is 355 g/mol. The first-order valence-electron chi connectivity index (χ1n) is 8.85. The normalized spacial score (nSPS) is 21.0. The monoisotopic (exact) mass is 355 g/mol. The van der Waals surface area contributed by atoms with E-state index in [2.05, 4.69) is 16.8 Å². The van der Waals surface area contributed by atoms with Gasteiger partial charge in [-0.1, -0.05) is 37.1 Å². The molecule has 2 aliphatic rings. The van der Waals surface area contributed by atoms with Crippen molar-refractivity contribution in [2.45, 2.75) is 44.2 Å². The lowest BCUT2D eigenvalue weighted by Crippen LogP contribution is -2.33. The summed E-state index contributed by atoms with van der Waals surface area (Å²) >= 11 is 1.69. The van der Waals surface area contributed by atoms with Crippen LogP contribution >= 0.6 is 11.3 Å². The number of ether oxygens (including phenoxy) is 1. The van der Waals surface area contributed by atoms with Crippen LogP contribution in [-0.4, -0.2) is 11.9 Å². The molecule has 1 fully saturated rings. The zero-order chi connectivity index (χ0) is 17.2. The first-order valence-corrected chi connectivity index (χ1v) is 9.73. The van der Waals surface area contributed by atoms with Crippen molar-refractivity contribution in [3.8, 4) is 0 Å². The Morgan fingerprint density at radius 3 is 2.76 bits per heavy atom. The lowest BCUT2D eigenvalue weighted by molar-refractivity contribution is -0.124. The van der Waals surface area contributed by atoms with Gasteiger partial charge in [-0.15, -0.1) is 11.3 Å². The molecule has 0 spiro atoms. The van der Waals surface area contributed by atoms with E-state index in [4.69, 9.17) is 4.74 Å². The van der Waals surface area contributed by atoms with Crippen LogP contribution in [0, 0.1) is 5.92 Å². The van der Waals surface area contributed by atoms with Gasteiger partial charge < -0.3 is 10.1 Å². The van der Waals surface area contributed by atoms with Gasteiger partial charge in [0.05, 0.1) is 18.0 Å². The standard InChI is InChI=1S/C20H21NO3S/c22-18(12-16-14-8-3-4-9-15(14)20(23)24-16)21-19(13-6-1-2-7-13)17-10-5-11-25-17/h3-5,8-11,13,16,19H,1-2,6-7,12H2,(H,21,22)/t16-,19+/m1/s1. The van der Waals surface area contributed by atoms with E-state index in [0.717, 1.165) is 18.4 Å². The van der Waals surface area contributed by atoms with Crippen LogP contribution in [-0.2, 0) is 9.53 Å². The van der Waals surface area contributed by atoms with Crippen molar-refractivity contribution in [2.75, 3.05) is 0 Å². The molecule has 1 amide bonds. The van der Waals surface area contributed by atoms with Crippen LogP contribution < -0.4 is 5.32 Å². The fourth-order valence-electron chi connectivity index (χ4n) is 3.95. The average Bonchev–Trinajstić information content (AvgIpc) is 3.36. The van der Waals surface area contributed by atoms with Crippen LogP contribution in [0.1, 0.15) is 65.0 Å².